The summed E-state index contributed by atoms with van der Waals surface area (Å²) in [6.45, 7) is 1.00. The number of alkyl halides is 2. The van der Waals surface area contributed by atoms with E-state index in [1.165, 1.54) is 11.0 Å². The second-order valence-electron chi connectivity index (χ2n) is 5.89. The van der Waals surface area contributed by atoms with Crippen molar-refractivity contribution in [3.63, 3.8) is 0 Å². The molecule has 1 saturated heterocycles. The first-order valence-electron chi connectivity index (χ1n) is 7.64. The van der Waals surface area contributed by atoms with E-state index in [9.17, 15) is 22.8 Å². The maximum atomic E-state index is 13.7. The van der Waals surface area contributed by atoms with Crippen molar-refractivity contribution in [1.29, 1.82) is 0 Å². The summed E-state index contributed by atoms with van der Waals surface area (Å²) in [6.07, 6.45) is 1.11. The number of amides is 2. The molecule has 1 N–H and O–H groups in total. The van der Waals surface area contributed by atoms with E-state index in [0.29, 0.717) is 19.4 Å². The van der Waals surface area contributed by atoms with Gasteiger partial charge in [0.25, 0.3) is 0 Å². The molecule has 2 rings (SSSR count). The van der Waals surface area contributed by atoms with Crippen molar-refractivity contribution in [2.75, 3.05) is 11.9 Å². The highest BCUT2D eigenvalue weighted by molar-refractivity contribution is 5.97. The Morgan fingerprint density at radius 2 is 2.04 bits per heavy atom. The molecule has 1 aromatic rings. The molecule has 0 aliphatic carbocycles. The van der Waals surface area contributed by atoms with E-state index in [1.807, 2.05) is 13.8 Å². The summed E-state index contributed by atoms with van der Waals surface area (Å²) in [5.74, 6) is -2.26. The maximum Gasteiger partial charge on any atom is 0.387 e. The lowest BCUT2D eigenvalue weighted by Crippen LogP contribution is -2.47. The highest BCUT2D eigenvalue weighted by atomic mass is 19.3. The number of halogens is 3. The van der Waals surface area contributed by atoms with Crippen LogP contribution in [-0.2, 0) is 9.59 Å². The number of nitrogens with zero attached hydrogens (tertiary/aromatic N) is 1. The average Bonchev–Trinajstić information content (AvgIpc) is 2.87. The fraction of sp³-hybridized carbons (Fsp3) is 0.500. The first-order chi connectivity index (χ1) is 11.3. The van der Waals surface area contributed by atoms with Crippen LogP contribution >= 0.6 is 0 Å². The lowest BCUT2D eigenvalue weighted by Gasteiger charge is -2.29. The molecule has 1 heterocycles. The Morgan fingerprint density at radius 3 is 2.54 bits per heavy atom. The standard InChI is InChI=1S/C16H19F3N2O3/c1-9(2)14(21-7-3-4-13(21)22)15(23)20-10-5-6-12(11(17)8-10)24-16(18)19/h5-6,8-9,14,16H,3-4,7H2,1-2H3,(H,20,23). The monoisotopic (exact) mass is 344 g/mol. The molecular weight excluding hydrogens is 325 g/mol. The normalized spacial score (nSPS) is 16.0. The van der Waals surface area contributed by atoms with Gasteiger partial charge in [-0.1, -0.05) is 13.8 Å². The molecule has 2 amide bonds. The summed E-state index contributed by atoms with van der Waals surface area (Å²) in [5, 5.41) is 2.53. The van der Waals surface area contributed by atoms with Crippen molar-refractivity contribution in [2.45, 2.75) is 39.3 Å². The Morgan fingerprint density at radius 1 is 1.33 bits per heavy atom. The van der Waals surface area contributed by atoms with Gasteiger partial charge in [-0.3, -0.25) is 9.59 Å². The molecule has 5 nitrogen and oxygen atoms in total. The summed E-state index contributed by atoms with van der Waals surface area (Å²) in [7, 11) is 0. The zero-order valence-electron chi connectivity index (χ0n) is 13.4. The molecule has 1 fully saturated rings. The number of likely N-dealkylation sites (tertiary alicyclic amines) is 1. The molecule has 0 radical (unpaired) electrons. The van der Waals surface area contributed by atoms with Crippen LogP contribution in [0.15, 0.2) is 18.2 Å². The molecule has 8 heteroatoms. The van der Waals surface area contributed by atoms with Gasteiger partial charge in [0.15, 0.2) is 11.6 Å². The van der Waals surface area contributed by atoms with Gasteiger partial charge in [0, 0.05) is 24.7 Å². The second kappa shape index (κ2) is 7.55. The largest absolute Gasteiger partial charge is 0.432 e. The Hall–Kier alpha value is -2.25. The van der Waals surface area contributed by atoms with Gasteiger partial charge in [0.1, 0.15) is 6.04 Å². The third-order valence-electron chi connectivity index (χ3n) is 3.76. The van der Waals surface area contributed by atoms with Gasteiger partial charge in [-0.05, 0) is 24.5 Å². The molecule has 0 aromatic heterocycles. The van der Waals surface area contributed by atoms with Crippen LogP contribution in [0.3, 0.4) is 0 Å². The van der Waals surface area contributed by atoms with Crippen molar-refractivity contribution in [3.8, 4) is 5.75 Å². The van der Waals surface area contributed by atoms with E-state index < -0.39 is 30.1 Å². The summed E-state index contributed by atoms with van der Waals surface area (Å²) < 4.78 is 42.0. The van der Waals surface area contributed by atoms with Crippen LogP contribution in [0.5, 0.6) is 5.75 Å². The lowest BCUT2D eigenvalue weighted by atomic mass is 10.0. The van der Waals surface area contributed by atoms with Crippen LogP contribution in [0.1, 0.15) is 26.7 Å². The number of carbonyl (C=O) groups excluding carboxylic acids is 2. The molecule has 1 atom stereocenters. The van der Waals surface area contributed by atoms with Crippen molar-refractivity contribution in [3.05, 3.63) is 24.0 Å². The first kappa shape index (κ1) is 18.1. The predicted molar refractivity (Wildman–Crippen MR) is 81.2 cm³/mol. The quantitative estimate of drug-likeness (QED) is 0.863. The molecule has 0 bridgehead atoms. The first-order valence-corrected chi connectivity index (χ1v) is 7.64. The minimum atomic E-state index is -3.13. The number of anilines is 1. The van der Waals surface area contributed by atoms with Crippen LogP contribution in [0.25, 0.3) is 0 Å². The summed E-state index contributed by atoms with van der Waals surface area (Å²) >= 11 is 0. The molecule has 1 aliphatic rings. The van der Waals surface area contributed by atoms with Crippen LogP contribution in [0.4, 0.5) is 18.9 Å². The van der Waals surface area contributed by atoms with E-state index in [-0.39, 0.29) is 17.5 Å². The van der Waals surface area contributed by atoms with Gasteiger partial charge in [-0.25, -0.2) is 4.39 Å². The smallest absolute Gasteiger partial charge is 0.387 e. The minimum Gasteiger partial charge on any atom is -0.432 e. The number of nitrogens with one attached hydrogen (secondary N) is 1. The van der Waals surface area contributed by atoms with E-state index in [1.54, 1.807) is 0 Å². The third kappa shape index (κ3) is 4.18. The van der Waals surface area contributed by atoms with Gasteiger partial charge >= 0.3 is 6.61 Å². The summed E-state index contributed by atoms with van der Waals surface area (Å²) in [5.41, 5.74) is 0.108. The van der Waals surface area contributed by atoms with Crippen LogP contribution in [0, 0.1) is 11.7 Å². The van der Waals surface area contributed by atoms with Crippen LogP contribution < -0.4 is 10.1 Å². The molecular formula is C16H19F3N2O3. The van der Waals surface area contributed by atoms with Crippen LogP contribution in [-0.4, -0.2) is 35.9 Å². The van der Waals surface area contributed by atoms with E-state index in [4.69, 9.17) is 0 Å². The molecule has 0 spiro atoms. The molecule has 1 aliphatic heterocycles. The SMILES string of the molecule is CC(C)C(C(=O)Nc1ccc(OC(F)F)c(F)c1)N1CCCC1=O. The second-order valence-corrected chi connectivity index (χ2v) is 5.89. The summed E-state index contributed by atoms with van der Waals surface area (Å²) in [6, 6.07) is 2.52. The third-order valence-corrected chi connectivity index (χ3v) is 3.76. The predicted octanol–water partition coefficient (Wildman–Crippen LogP) is 3.01. The fourth-order valence-electron chi connectivity index (χ4n) is 2.75. The van der Waals surface area contributed by atoms with Crippen molar-refractivity contribution in [1.82, 2.24) is 4.90 Å². The van der Waals surface area contributed by atoms with Gasteiger partial charge in [0.05, 0.1) is 0 Å². The molecule has 24 heavy (non-hydrogen) atoms. The highest BCUT2D eigenvalue weighted by Crippen LogP contribution is 2.24. The highest BCUT2D eigenvalue weighted by Gasteiger charge is 2.35. The van der Waals surface area contributed by atoms with Gasteiger partial charge in [0.2, 0.25) is 11.8 Å². The minimum absolute atomic E-state index is 0.0873. The van der Waals surface area contributed by atoms with Gasteiger partial charge in [-0.15, -0.1) is 0 Å². The Balaban J connectivity index is 2.12. The average molecular weight is 344 g/mol. The Kier molecular flexibility index (Phi) is 5.69. The number of hydrogen-bond acceptors (Lipinski definition) is 3. The number of ether oxygens (including phenoxy) is 1. The maximum absolute atomic E-state index is 13.7. The summed E-state index contributed by atoms with van der Waals surface area (Å²) in [4.78, 5) is 25.9. The van der Waals surface area contributed by atoms with E-state index >= 15 is 0 Å². The zero-order chi connectivity index (χ0) is 17.9. The number of hydrogen-bond donors (Lipinski definition) is 1. The topological polar surface area (TPSA) is 58.6 Å². The molecule has 132 valence electrons. The Bertz CT molecular complexity index is 623. The number of rotatable bonds is 6. The Labute approximate surface area is 137 Å². The molecule has 1 aromatic carbocycles. The van der Waals surface area contributed by atoms with Gasteiger partial charge < -0.3 is 15.0 Å². The molecule has 0 saturated carbocycles. The van der Waals surface area contributed by atoms with Crippen molar-refractivity contribution >= 4 is 17.5 Å². The molecule has 1 unspecified atom stereocenters. The van der Waals surface area contributed by atoms with Crippen molar-refractivity contribution < 1.29 is 27.5 Å². The number of benzene rings is 1. The van der Waals surface area contributed by atoms with Gasteiger partial charge in [-0.2, -0.15) is 8.78 Å². The van der Waals surface area contributed by atoms with E-state index in [2.05, 4.69) is 10.1 Å². The van der Waals surface area contributed by atoms with E-state index in [0.717, 1.165) is 12.1 Å². The van der Waals surface area contributed by atoms with Crippen molar-refractivity contribution in [2.24, 2.45) is 5.92 Å². The lowest BCUT2D eigenvalue weighted by molar-refractivity contribution is -0.136. The zero-order valence-corrected chi connectivity index (χ0v) is 13.4. The number of carbonyl (C=O) groups is 2. The fourth-order valence-corrected chi connectivity index (χ4v) is 2.75. The van der Waals surface area contributed by atoms with Crippen LogP contribution in [0.2, 0.25) is 0 Å².